The molecule has 1 heterocycles. The van der Waals surface area contributed by atoms with Crippen molar-refractivity contribution in [2.75, 3.05) is 13.8 Å². The van der Waals surface area contributed by atoms with Crippen molar-refractivity contribution in [1.82, 2.24) is 5.06 Å². The Hall–Kier alpha value is -0.830. The predicted octanol–water partition coefficient (Wildman–Crippen LogP) is 0.209. The van der Waals surface area contributed by atoms with Crippen LogP contribution in [0.4, 0.5) is 0 Å². The molecule has 0 saturated carbocycles. The van der Waals surface area contributed by atoms with E-state index in [4.69, 9.17) is 4.84 Å². The summed E-state index contributed by atoms with van der Waals surface area (Å²) >= 11 is 0. The van der Waals surface area contributed by atoms with E-state index in [-0.39, 0.29) is 0 Å². The predicted molar refractivity (Wildman–Crippen MR) is 30.0 cm³/mol. The number of hydrogen-bond donors (Lipinski definition) is 0. The van der Waals surface area contributed by atoms with Crippen LogP contribution < -0.4 is 0 Å². The first-order valence-electron chi connectivity index (χ1n) is 2.33. The number of nitrogens with zero attached hydrogens (tertiary/aromatic N) is 2. The van der Waals surface area contributed by atoms with Crippen molar-refractivity contribution in [1.29, 1.82) is 0 Å². The molecule has 0 unspecified atom stereocenters. The van der Waals surface area contributed by atoms with Crippen LogP contribution in [0.25, 0.3) is 0 Å². The van der Waals surface area contributed by atoms with Gasteiger partial charge in [-0.2, -0.15) is 0 Å². The van der Waals surface area contributed by atoms with Crippen LogP contribution in [-0.2, 0) is 4.84 Å². The van der Waals surface area contributed by atoms with Crippen LogP contribution in [0.1, 0.15) is 0 Å². The molecule has 0 bridgehead atoms. The fraction of sp³-hybridized carbons (Fsp3) is 0.400. The molecule has 3 heteroatoms. The SMILES string of the molecule is CON1[C]=CC=NC1. The monoisotopic (exact) mass is 111 g/mol. The first-order valence-corrected chi connectivity index (χ1v) is 2.33. The molecule has 0 amide bonds. The average molecular weight is 111 g/mol. The molecule has 0 fully saturated rings. The fourth-order valence-electron chi connectivity index (χ4n) is 0.442. The van der Waals surface area contributed by atoms with Crippen LogP contribution in [-0.4, -0.2) is 25.1 Å². The molecule has 0 aliphatic carbocycles. The van der Waals surface area contributed by atoms with Crippen LogP contribution in [0.5, 0.6) is 0 Å². The maximum absolute atomic E-state index is 4.77. The minimum atomic E-state index is 0.549. The van der Waals surface area contributed by atoms with Crippen LogP contribution in [0.15, 0.2) is 11.1 Å². The summed E-state index contributed by atoms with van der Waals surface area (Å²) in [5.74, 6) is 0. The van der Waals surface area contributed by atoms with E-state index in [9.17, 15) is 0 Å². The van der Waals surface area contributed by atoms with Crippen molar-refractivity contribution in [3.8, 4) is 0 Å². The van der Waals surface area contributed by atoms with Gasteiger partial charge in [0.25, 0.3) is 0 Å². The van der Waals surface area contributed by atoms with Crippen LogP contribution in [0, 0.1) is 6.20 Å². The Morgan fingerprint density at radius 2 is 2.75 bits per heavy atom. The van der Waals surface area contributed by atoms with Crippen molar-refractivity contribution in [2.24, 2.45) is 4.99 Å². The van der Waals surface area contributed by atoms with Gasteiger partial charge in [0.15, 0.2) is 0 Å². The minimum absolute atomic E-state index is 0.549. The van der Waals surface area contributed by atoms with Crippen molar-refractivity contribution >= 4 is 6.21 Å². The van der Waals surface area contributed by atoms with E-state index in [1.165, 1.54) is 5.06 Å². The molecule has 8 heavy (non-hydrogen) atoms. The summed E-state index contributed by atoms with van der Waals surface area (Å²) < 4.78 is 0. The number of rotatable bonds is 1. The van der Waals surface area contributed by atoms with E-state index in [1.807, 2.05) is 0 Å². The highest BCUT2D eigenvalue weighted by atomic mass is 16.7. The zero-order chi connectivity index (χ0) is 5.82. The summed E-state index contributed by atoms with van der Waals surface area (Å²) in [5, 5.41) is 1.51. The third-order valence-electron chi connectivity index (χ3n) is 0.829. The first-order chi connectivity index (χ1) is 3.93. The van der Waals surface area contributed by atoms with Crippen molar-refractivity contribution in [3.63, 3.8) is 0 Å². The quantitative estimate of drug-likeness (QED) is 0.483. The molecule has 0 aromatic rings. The summed E-state index contributed by atoms with van der Waals surface area (Å²) in [6.45, 7) is 0.549. The molecule has 0 N–H and O–H groups in total. The largest absolute Gasteiger partial charge is 0.275 e. The maximum Gasteiger partial charge on any atom is 0.135 e. The van der Waals surface area contributed by atoms with E-state index in [0.29, 0.717) is 6.67 Å². The number of hydrogen-bond acceptors (Lipinski definition) is 3. The minimum Gasteiger partial charge on any atom is -0.275 e. The summed E-state index contributed by atoms with van der Waals surface area (Å²) in [6.07, 6.45) is 6.20. The Kier molecular flexibility index (Phi) is 1.64. The number of aliphatic imine (C=N–C) groups is 1. The Labute approximate surface area is 48.2 Å². The van der Waals surface area contributed by atoms with Gasteiger partial charge in [0.2, 0.25) is 0 Å². The molecule has 3 nitrogen and oxygen atoms in total. The van der Waals surface area contributed by atoms with Crippen molar-refractivity contribution < 1.29 is 4.84 Å². The second-order valence-electron chi connectivity index (χ2n) is 1.33. The van der Waals surface area contributed by atoms with Crippen LogP contribution in [0.2, 0.25) is 0 Å². The number of hydroxylamine groups is 2. The van der Waals surface area contributed by atoms with E-state index in [1.54, 1.807) is 19.4 Å². The van der Waals surface area contributed by atoms with Gasteiger partial charge in [0.05, 0.1) is 13.3 Å². The van der Waals surface area contributed by atoms with Gasteiger partial charge in [-0.1, -0.05) is 0 Å². The fourth-order valence-corrected chi connectivity index (χ4v) is 0.442. The Morgan fingerprint density at radius 1 is 1.88 bits per heavy atom. The van der Waals surface area contributed by atoms with Crippen LogP contribution >= 0.6 is 0 Å². The Bertz CT molecular complexity index is 120. The molecule has 0 aromatic heterocycles. The highest BCUT2D eigenvalue weighted by molar-refractivity contribution is 5.70. The highest BCUT2D eigenvalue weighted by Gasteiger charge is 1.95. The lowest BCUT2D eigenvalue weighted by Gasteiger charge is -2.13. The van der Waals surface area contributed by atoms with Gasteiger partial charge in [0.1, 0.15) is 6.67 Å². The Morgan fingerprint density at radius 3 is 3.12 bits per heavy atom. The van der Waals surface area contributed by atoms with Gasteiger partial charge >= 0.3 is 0 Å². The zero-order valence-electron chi connectivity index (χ0n) is 4.66. The molecule has 43 valence electrons. The van der Waals surface area contributed by atoms with Crippen LogP contribution in [0.3, 0.4) is 0 Å². The highest BCUT2D eigenvalue weighted by Crippen LogP contribution is 1.91. The van der Waals surface area contributed by atoms with E-state index in [2.05, 4.69) is 11.2 Å². The van der Waals surface area contributed by atoms with Gasteiger partial charge in [-0.05, 0) is 6.08 Å². The van der Waals surface area contributed by atoms with Gasteiger partial charge in [-0.3, -0.25) is 9.83 Å². The lowest BCUT2D eigenvalue weighted by atomic mass is 10.6. The molecular formula is C5H7N2O. The molecule has 1 rings (SSSR count). The molecule has 1 radical (unpaired) electrons. The second-order valence-corrected chi connectivity index (χ2v) is 1.33. The topological polar surface area (TPSA) is 24.8 Å². The van der Waals surface area contributed by atoms with E-state index < -0.39 is 0 Å². The second kappa shape index (κ2) is 2.47. The maximum atomic E-state index is 4.77. The lowest BCUT2D eigenvalue weighted by Crippen LogP contribution is -2.18. The molecule has 0 saturated heterocycles. The number of allylic oxidation sites excluding steroid dienone is 1. The molecule has 0 spiro atoms. The van der Waals surface area contributed by atoms with Crippen molar-refractivity contribution in [2.45, 2.75) is 0 Å². The average Bonchev–Trinajstić information content (AvgIpc) is 1.90. The molecule has 0 aromatic carbocycles. The van der Waals surface area contributed by atoms with Gasteiger partial charge in [-0.25, -0.2) is 5.06 Å². The first kappa shape index (κ1) is 5.31. The smallest absolute Gasteiger partial charge is 0.135 e. The standard InChI is InChI=1S/C5H7N2O/c1-8-7-4-2-3-6-5-7/h2-3H,5H2,1H3. The normalized spacial score (nSPS) is 17.4. The molecule has 1 aliphatic rings. The summed E-state index contributed by atoms with van der Waals surface area (Å²) in [4.78, 5) is 8.66. The summed E-state index contributed by atoms with van der Waals surface area (Å²) in [5.41, 5.74) is 0. The third kappa shape index (κ3) is 1.07. The molecular weight excluding hydrogens is 104 g/mol. The molecule has 1 aliphatic heterocycles. The van der Waals surface area contributed by atoms with E-state index >= 15 is 0 Å². The lowest BCUT2D eigenvalue weighted by molar-refractivity contribution is -0.0941. The molecule has 0 atom stereocenters. The van der Waals surface area contributed by atoms with E-state index in [0.717, 1.165) is 0 Å². The third-order valence-corrected chi connectivity index (χ3v) is 0.829. The zero-order valence-corrected chi connectivity index (χ0v) is 4.66. The summed E-state index contributed by atoms with van der Waals surface area (Å²) in [6, 6.07) is 0. The Balaban J connectivity index is 2.40. The van der Waals surface area contributed by atoms with Gasteiger partial charge in [0, 0.05) is 6.21 Å². The van der Waals surface area contributed by atoms with Gasteiger partial charge < -0.3 is 0 Å². The van der Waals surface area contributed by atoms with Crippen molar-refractivity contribution in [3.05, 3.63) is 12.3 Å². The summed E-state index contributed by atoms with van der Waals surface area (Å²) in [7, 11) is 1.58. The van der Waals surface area contributed by atoms with Gasteiger partial charge in [-0.15, -0.1) is 0 Å².